The van der Waals surface area contributed by atoms with E-state index in [9.17, 15) is 9.59 Å². The van der Waals surface area contributed by atoms with Crippen LogP contribution >= 0.6 is 23.2 Å². The van der Waals surface area contributed by atoms with E-state index in [1.165, 1.54) is 14.0 Å². The third kappa shape index (κ3) is 6.73. The van der Waals surface area contributed by atoms with Crippen LogP contribution in [-0.2, 0) is 27.5 Å². The quantitative estimate of drug-likeness (QED) is 0.373. The molecule has 0 spiro atoms. The van der Waals surface area contributed by atoms with E-state index in [4.69, 9.17) is 37.4 Å². The third-order valence-corrected chi connectivity index (χ3v) is 5.72. The summed E-state index contributed by atoms with van der Waals surface area (Å²) in [4.78, 5) is 24.7. The first kappa shape index (κ1) is 25.6. The van der Waals surface area contributed by atoms with Crippen LogP contribution in [0.25, 0.3) is 0 Å². The van der Waals surface area contributed by atoms with Crippen LogP contribution in [0.1, 0.15) is 29.7 Å². The maximum Gasteiger partial charge on any atom is 0.246 e. The molecule has 8 heteroatoms. The van der Waals surface area contributed by atoms with E-state index in [1.54, 1.807) is 30.3 Å². The van der Waals surface area contributed by atoms with E-state index in [1.807, 2.05) is 36.4 Å². The van der Waals surface area contributed by atoms with Crippen molar-refractivity contribution < 1.29 is 23.8 Å². The monoisotopic (exact) mass is 501 g/mol. The van der Waals surface area contributed by atoms with Crippen LogP contribution in [0, 0.1) is 0 Å². The van der Waals surface area contributed by atoms with Crippen molar-refractivity contribution in [2.75, 3.05) is 13.7 Å². The first-order chi connectivity index (χ1) is 16.4. The topological polar surface area (TPSA) is 73.9 Å². The number of carbonyl (C=O) groups is 2. The number of Topliss-reactive ketones (excluding diaryl/α,β-unsaturated/α-hetero) is 1. The lowest BCUT2D eigenvalue weighted by atomic mass is 10.0. The van der Waals surface area contributed by atoms with E-state index >= 15 is 0 Å². The zero-order valence-electron chi connectivity index (χ0n) is 18.8. The Bertz CT molecular complexity index is 1150. The fraction of sp³-hybridized carbons (Fsp3) is 0.231. The summed E-state index contributed by atoms with van der Waals surface area (Å²) in [6.45, 7) is 1.54. The van der Waals surface area contributed by atoms with Crippen LogP contribution in [0.5, 0.6) is 11.5 Å². The molecule has 3 aromatic rings. The zero-order valence-corrected chi connectivity index (χ0v) is 20.4. The minimum absolute atomic E-state index is 0.135. The van der Waals surface area contributed by atoms with Gasteiger partial charge in [-0.05, 0) is 25.1 Å². The average Bonchev–Trinajstić information content (AvgIpc) is 2.82. The van der Waals surface area contributed by atoms with E-state index in [0.29, 0.717) is 27.1 Å². The average molecular weight is 502 g/mol. The Labute approximate surface area is 208 Å². The van der Waals surface area contributed by atoms with Gasteiger partial charge in [0.25, 0.3) is 0 Å². The van der Waals surface area contributed by atoms with Crippen LogP contribution in [0.2, 0.25) is 10.0 Å². The Morgan fingerprint density at radius 2 is 1.44 bits per heavy atom. The number of benzene rings is 3. The number of halogens is 2. The molecule has 3 aromatic carbocycles. The normalized spacial score (nSPS) is 11.5. The van der Waals surface area contributed by atoms with Gasteiger partial charge in [-0.15, -0.1) is 0 Å². The standard InChI is InChI=1S/C26H25Cl2NO5/c1-17(30)25(29-24(31)16-32-2)20-10-7-13-23(33-14-18-8-3-5-11-21(18)27)26(20)34-15-19-9-4-6-12-22(19)28/h3-13,25H,14-16H2,1-2H3,(H,29,31). The molecule has 1 N–H and O–H groups in total. The van der Waals surface area contributed by atoms with Crippen molar-refractivity contribution in [1.29, 1.82) is 0 Å². The fourth-order valence-corrected chi connectivity index (χ4v) is 3.68. The van der Waals surface area contributed by atoms with Gasteiger partial charge in [-0.3, -0.25) is 9.59 Å². The molecule has 0 aliphatic rings. The highest BCUT2D eigenvalue weighted by atomic mass is 35.5. The highest BCUT2D eigenvalue weighted by Gasteiger charge is 2.25. The van der Waals surface area contributed by atoms with Crippen molar-refractivity contribution in [2.45, 2.75) is 26.2 Å². The van der Waals surface area contributed by atoms with E-state index in [2.05, 4.69) is 5.32 Å². The van der Waals surface area contributed by atoms with Gasteiger partial charge in [-0.2, -0.15) is 0 Å². The van der Waals surface area contributed by atoms with E-state index < -0.39 is 11.9 Å². The Morgan fingerprint density at radius 1 is 0.853 bits per heavy atom. The molecule has 0 aromatic heterocycles. The third-order valence-electron chi connectivity index (χ3n) is 4.98. The van der Waals surface area contributed by atoms with Crippen LogP contribution < -0.4 is 14.8 Å². The van der Waals surface area contributed by atoms with Crippen LogP contribution in [0.15, 0.2) is 66.7 Å². The van der Waals surface area contributed by atoms with E-state index in [-0.39, 0.29) is 25.6 Å². The van der Waals surface area contributed by atoms with Gasteiger partial charge in [0.2, 0.25) is 5.91 Å². The minimum atomic E-state index is -0.951. The van der Waals surface area contributed by atoms with Crippen molar-refractivity contribution in [3.05, 3.63) is 93.5 Å². The number of rotatable bonds is 11. The predicted octanol–water partition coefficient (Wildman–Crippen LogP) is 5.54. The molecule has 1 amide bonds. The maximum absolute atomic E-state index is 12.5. The minimum Gasteiger partial charge on any atom is -0.485 e. The number of hydrogen-bond donors (Lipinski definition) is 1. The van der Waals surface area contributed by atoms with Gasteiger partial charge < -0.3 is 19.5 Å². The molecule has 0 bridgehead atoms. The number of ketones is 1. The summed E-state index contributed by atoms with van der Waals surface area (Å²) >= 11 is 12.6. The first-order valence-electron chi connectivity index (χ1n) is 10.5. The Hall–Kier alpha value is -3.06. The summed E-state index contributed by atoms with van der Waals surface area (Å²) in [5.41, 5.74) is 2.02. The molecule has 0 radical (unpaired) electrons. The predicted molar refractivity (Wildman–Crippen MR) is 131 cm³/mol. The van der Waals surface area contributed by atoms with Gasteiger partial charge in [0, 0.05) is 33.8 Å². The van der Waals surface area contributed by atoms with E-state index in [0.717, 1.165) is 11.1 Å². The fourth-order valence-electron chi connectivity index (χ4n) is 3.30. The number of hydrogen-bond acceptors (Lipinski definition) is 5. The summed E-state index contributed by atoms with van der Waals surface area (Å²) in [5.74, 6) is 0.0292. The summed E-state index contributed by atoms with van der Waals surface area (Å²) < 4.78 is 17.1. The second-order valence-electron chi connectivity index (χ2n) is 7.48. The molecule has 6 nitrogen and oxygen atoms in total. The molecule has 0 saturated carbocycles. The molecule has 34 heavy (non-hydrogen) atoms. The smallest absolute Gasteiger partial charge is 0.246 e. The maximum atomic E-state index is 12.5. The van der Waals surface area contributed by atoms with Crippen molar-refractivity contribution in [3.8, 4) is 11.5 Å². The summed E-state index contributed by atoms with van der Waals surface area (Å²) in [6, 6.07) is 18.9. The second-order valence-corrected chi connectivity index (χ2v) is 8.29. The molecule has 0 fully saturated rings. The number of carbonyl (C=O) groups excluding carboxylic acids is 2. The van der Waals surface area contributed by atoms with Crippen LogP contribution in [-0.4, -0.2) is 25.4 Å². The highest BCUT2D eigenvalue weighted by Crippen LogP contribution is 2.37. The molecule has 3 rings (SSSR count). The van der Waals surface area contributed by atoms with Crippen molar-refractivity contribution in [3.63, 3.8) is 0 Å². The lowest BCUT2D eigenvalue weighted by Crippen LogP contribution is -2.35. The zero-order chi connectivity index (χ0) is 24.5. The second kappa shape index (κ2) is 12.4. The Balaban J connectivity index is 1.96. The van der Waals surface area contributed by atoms with Gasteiger partial charge in [0.05, 0.1) is 0 Å². The van der Waals surface area contributed by atoms with Gasteiger partial charge in [-0.25, -0.2) is 0 Å². The number of ether oxygens (including phenoxy) is 3. The lowest BCUT2D eigenvalue weighted by Gasteiger charge is -2.22. The van der Waals surface area contributed by atoms with Gasteiger partial charge in [-0.1, -0.05) is 71.7 Å². The molecule has 178 valence electrons. The number of amides is 1. The number of para-hydroxylation sites is 1. The summed E-state index contributed by atoms with van der Waals surface area (Å²) in [6.07, 6.45) is 0. The molecule has 1 atom stereocenters. The summed E-state index contributed by atoms with van der Waals surface area (Å²) in [5, 5.41) is 3.82. The van der Waals surface area contributed by atoms with Crippen LogP contribution in [0.3, 0.4) is 0 Å². The van der Waals surface area contributed by atoms with Gasteiger partial charge in [0.1, 0.15) is 25.9 Å². The molecular formula is C26H25Cl2NO5. The van der Waals surface area contributed by atoms with Crippen molar-refractivity contribution >= 4 is 34.9 Å². The Kier molecular flexibility index (Phi) is 9.33. The molecular weight excluding hydrogens is 477 g/mol. The number of methoxy groups -OCH3 is 1. The van der Waals surface area contributed by atoms with Gasteiger partial charge in [0.15, 0.2) is 17.3 Å². The van der Waals surface area contributed by atoms with Crippen molar-refractivity contribution in [2.24, 2.45) is 0 Å². The summed E-state index contributed by atoms with van der Waals surface area (Å²) in [7, 11) is 1.41. The molecule has 0 saturated heterocycles. The molecule has 0 heterocycles. The molecule has 0 aliphatic carbocycles. The number of nitrogens with one attached hydrogen (secondary N) is 1. The van der Waals surface area contributed by atoms with Crippen LogP contribution in [0.4, 0.5) is 0 Å². The Morgan fingerprint density at radius 3 is 2.00 bits per heavy atom. The first-order valence-corrected chi connectivity index (χ1v) is 11.3. The van der Waals surface area contributed by atoms with Crippen molar-refractivity contribution in [1.82, 2.24) is 5.32 Å². The molecule has 1 unspecified atom stereocenters. The highest BCUT2D eigenvalue weighted by molar-refractivity contribution is 6.31. The largest absolute Gasteiger partial charge is 0.485 e. The lowest BCUT2D eigenvalue weighted by molar-refractivity contribution is -0.129. The molecule has 0 aliphatic heterocycles. The SMILES string of the molecule is COCC(=O)NC(C(C)=O)c1cccc(OCc2ccccc2Cl)c1OCc1ccccc1Cl. The van der Waals surface area contributed by atoms with Gasteiger partial charge >= 0.3 is 0 Å².